The molecule has 6 nitrogen and oxygen atoms in total. The Morgan fingerprint density at radius 1 is 1.33 bits per heavy atom. The Morgan fingerprint density at radius 2 is 2.10 bits per heavy atom. The van der Waals surface area contributed by atoms with E-state index in [4.69, 9.17) is 0 Å². The van der Waals surface area contributed by atoms with Gasteiger partial charge in [-0.15, -0.1) is 0 Å². The largest absolute Gasteiger partial charge is 0.390 e. The highest BCUT2D eigenvalue weighted by Crippen LogP contribution is 2.20. The van der Waals surface area contributed by atoms with Crippen LogP contribution in [0, 0.1) is 0 Å². The van der Waals surface area contributed by atoms with Crippen LogP contribution < -0.4 is 10.2 Å². The molecule has 1 fully saturated rings. The van der Waals surface area contributed by atoms with Gasteiger partial charge in [0.25, 0.3) is 0 Å². The third-order valence-electron chi connectivity index (χ3n) is 3.15. The van der Waals surface area contributed by atoms with Gasteiger partial charge in [0, 0.05) is 32.7 Å². The number of rotatable bonds is 4. The van der Waals surface area contributed by atoms with Crippen molar-refractivity contribution in [3.8, 4) is 0 Å². The van der Waals surface area contributed by atoms with Crippen LogP contribution in [0.4, 0.5) is 24.8 Å². The molecule has 0 spiro atoms. The number of alkyl halides is 3. The first-order valence-electron chi connectivity index (χ1n) is 6.47. The van der Waals surface area contributed by atoms with Gasteiger partial charge in [-0.05, 0) is 0 Å². The first kappa shape index (κ1) is 15.3. The van der Waals surface area contributed by atoms with E-state index in [0.29, 0.717) is 24.7 Å². The standard InChI is InChI=1S/C12H16F3N5O/c1-19-4-5-20(7-11(19)21)10-6-9(17-8-18-10)16-3-2-12(13,14)15/h6,8H,2-5,7H2,1H3,(H,16,17,18). The molecule has 0 aromatic carbocycles. The van der Waals surface area contributed by atoms with Gasteiger partial charge < -0.3 is 15.1 Å². The van der Waals surface area contributed by atoms with E-state index in [1.807, 2.05) is 0 Å². The number of piperazine rings is 1. The van der Waals surface area contributed by atoms with Gasteiger partial charge in [0.1, 0.15) is 18.0 Å². The first-order valence-corrected chi connectivity index (χ1v) is 6.47. The lowest BCUT2D eigenvalue weighted by Crippen LogP contribution is -2.48. The highest BCUT2D eigenvalue weighted by Gasteiger charge is 2.26. The Labute approximate surface area is 120 Å². The number of nitrogens with one attached hydrogen (secondary N) is 1. The van der Waals surface area contributed by atoms with Gasteiger partial charge in [0.15, 0.2) is 0 Å². The molecule has 1 amide bonds. The molecule has 2 heterocycles. The van der Waals surface area contributed by atoms with E-state index in [0.717, 1.165) is 0 Å². The summed E-state index contributed by atoms with van der Waals surface area (Å²) in [6.45, 7) is 1.16. The normalized spacial score (nSPS) is 16.3. The molecule has 2 rings (SSSR count). The number of anilines is 2. The van der Waals surface area contributed by atoms with Crippen LogP contribution in [-0.2, 0) is 4.79 Å². The average molecular weight is 303 g/mol. The minimum atomic E-state index is -4.20. The molecule has 1 aromatic heterocycles. The predicted molar refractivity (Wildman–Crippen MR) is 71.0 cm³/mol. The molecule has 0 unspecified atom stereocenters. The van der Waals surface area contributed by atoms with Crippen molar-refractivity contribution in [3.05, 3.63) is 12.4 Å². The van der Waals surface area contributed by atoms with E-state index in [9.17, 15) is 18.0 Å². The molecule has 0 aliphatic carbocycles. The van der Waals surface area contributed by atoms with Gasteiger partial charge in [0.05, 0.1) is 13.0 Å². The maximum atomic E-state index is 12.1. The second-order valence-corrected chi connectivity index (χ2v) is 4.79. The highest BCUT2D eigenvalue weighted by atomic mass is 19.4. The molecule has 1 N–H and O–H groups in total. The molecule has 116 valence electrons. The van der Waals surface area contributed by atoms with Gasteiger partial charge in [-0.1, -0.05) is 0 Å². The number of hydrogen-bond donors (Lipinski definition) is 1. The van der Waals surface area contributed by atoms with Gasteiger partial charge in [0.2, 0.25) is 5.91 Å². The minimum Gasteiger partial charge on any atom is -0.370 e. The first-order chi connectivity index (χ1) is 9.85. The van der Waals surface area contributed by atoms with Crippen molar-refractivity contribution in [2.24, 2.45) is 0 Å². The monoisotopic (exact) mass is 303 g/mol. The Kier molecular flexibility index (Phi) is 4.49. The fraction of sp³-hybridized carbons (Fsp3) is 0.583. The van der Waals surface area contributed by atoms with E-state index < -0.39 is 12.6 Å². The zero-order chi connectivity index (χ0) is 15.5. The van der Waals surface area contributed by atoms with E-state index in [1.54, 1.807) is 22.9 Å². The lowest BCUT2D eigenvalue weighted by Gasteiger charge is -2.32. The number of likely N-dealkylation sites (N-methyl/N-ethyl adjacent to an activating group) is 1. The summed E-state index contributed by atoms with van der Waals surface area (Å²) in [7, 11) is 1.73. The maximum Gasteiger partial charge on any atom is 0.390 e. The van der Waals surface area contributed by atoms with E-state index in [-0.39, 0.29) is 19.0 Å². The van der Waals surface area contributed by atoms with Crippen LogP contribution in [0.3, 0.4) is 0 Å². The third kappa shape index (κ3) is 4.47. The fourth-order valence-corrected chi connectivity index (χ4v) is 1.90. The number of aromatic nitrogens is 2. The molecule has 0 atom stereocenters. The number of amides is 1. The van der Waals surface area contributed by atoms with E-state index in [1.165, 1.54) is 6.33 Å². The van der Waals surface area contributed by atoms with Crippen molar-refractivity contribution < 1.29 is 18.0 Å². The number of nitrogens with zero attached hydrogens (tertiary/aromatic N) is 4. The molecule has 0 radical (unpaired) electrons. The summed E-state index contributed by atoms with van der Waals surface area (Å²) in [5.41, 5.74) is 0. The average Bonchev–Trinajstić information content (AvgIpc) is 2.41. The van der Waals surface area contributed by atoms with Crippen LogP contribution in [0.1, 0.15) is 6.42 Å². The zero-order valence-corrected chi connectivity index (χ0v) is 11.5. The predicted octanol–water partition coefficient (Wildman–Crippen LogP) is 1.12. The van der Waals surface area contributed by atoms with Crippen molar-refractivity contribution in [1.82, 2.24) is 14.9 Å². The molecule has 0 bridgehead atoms. The topological polar surface area (TPSA) is 61.4 Å². The number of hydrogen-bond acceptors (Lipinski definition) is 5. The molecule has 1 aliphatic heterocycles. The van der Waals surface area contributed by atoms with Gasteiger partial charge in [-0.3, -0.25) is 4.79 Å². The summed E-state index contributed by atoms with van der Waals surface area (Å²) in [4.78, 5) is 23.0. The summed E-state index contributed by atoms with van der Waals surface area (Å²) in [6, 6.07) is 1.55. The minimum absolute atomic E-state index is 0.0218. The lowest BCUT2D eigenvalue weighted by atomic mass is 10.3. The Hall–Kier alpha value is -2.06. The van der Waals surface area contributed by atoms with Crippen LogP contribution in [-0.4, -0.2) is 60.2 Å². The highest BCUT2D eigenvalue weighted by molar-refractivity contribution is 5.82. The van der Waals surface area contributed by atoms with Crippen LogP contribution in [0.2, 0.25) is 0 Å². The molecule has 9 heteroatoms. The van der Waals surface area contributed by atoms with Crippen molar-refractivity contribution in [2.75, 3.05) is 43.4 Å². The van der Waals surface area contributed by atoms with Crippen LogP contribution in [0.25, 0.3) is 0 Å². The number of carbonyl (C=O) groups excluding carboxylic acids is 1. The van der Waals surface area contributed by atoms with Crippen LogP contribution in [0.15, 0.2) is 12.4 Å². The van der Waals surface area contributed by atoms with Crippen molar-refractivity contribution >= 4 is 17.5 Å². The summed E-state index contributed by atoms with van der Waals surface area (Å²) >= 11 is 0. The van der Waals surface area contributed by atoms with Gasteiger partial charge >= 0.3 is 6.18 Å². The second kappa shape index (κ2) is 6.15. The zero-order valence-electron chi connectivity index (χ0n) is 11.5. The summed E-state index contributed by atoms with van der Waals surface area (Å²) in [5.74, 6) is 0.822. The summed E-state index contributed by atoms with van der Waals surface area (Å²) in [6.07, 6.45) is -3.86. The Balaban J connectivity index is 1.96. The quantitative estimate of drug-likeness (QED) is 0.903. The second-order valence-electron chi connectivity index (χ2n) is 4.79. The maximum absolute atomic E-state index is 12.1. The van der Waals surface area contributed by atoms with E-state index in [2.05, 4.69) is 15.3 Å². The summed E-state index contributed by atoms with van der Waals surface area (Å²) in [5, 5.41) is 2.61. The molecular weight excluding hydrogens is 287 g/mol. The molecule has 1 aromatic rings. The molecule has 21 heavy (non-hydrogen) atoms. The molecule has 0 saturated carbocycles. The van der Waals surface area contributed by atoms with Crippen molar-refractivity contribution in [1.29, 1.82) is 0 Å². The van der Waals surface area contributed by atoms with E-state index >= 15 is 0 Å². The van der Waals surface area contributed by atoms with Crippen LogP contribution in [0.5, 0.6) is 0 Å². The number of halogens is 3. The lowest BCUT2D eigenvalue weighted by molar-refractivity contribution is -0.131. The van der Waals surface area contributed by atoms with Crippen molar-refractivity contribution in [3.63, 3.8) is 0 Å². The fourth-order valence-electron chi connectivity index (χ4n) is 1.90. The third-order valence-corrected chi connectivity index (χ3v) is 3.15. The smallest absolute Gasteiger partial charge is 0.370 e. The SMILES string of the molecule is CN1CCN(c2cc(NCCC(F)(F)F)ncn2)CC1=O. The molecular formula is C12H16F3N5O. The Bertz CT molecular complexity index is 508. The van der Waals surface area contributed by atoms with Crippen molar-refractivity contribution in [2.45, 2.75) is 12.6 Å². The van der Waals surface area contributed by atoms with Gasteiger partial charge in [-0.25, -0.2) is 9.97 Å². The summed E-state index contributed by atoms with van der Waals surface area (Å²) < 4.78 is 36.3. The Morgan fingerprint density at radius 3 is 2.76 bits per heavy atom. The molecule has 1 aliphatic rings. The molecule has 1 saturated heterocycles. The van der Waals surface area contributed by atoms with Gasteiger partial charge in [-0.2, -0.15) is 13.2 Å². The number of carbonyl (C=O) groups is 1. The van der Waals surface area contributed by atoms with Crippen LogP contribution >= 0.6 is 0 Å².